The van der Waals surface area contributed by atoms with Crippen LogP contribution in [-0.2, 0) is 24.1 Å². The van der Waals surface area contributed by atoms with Gasteiger partial charge in [-0.3, -0.25) is 9.36 Å². The van der Waals surface area contributed by atoms with Crippen LogP contribution in [0.5, 0.6) is 5.75 Å². The topological polar surface area (TPSA) is 64.3 Å². The summed E-state index contributed by atoms with van der Waals surface area (Å²) in [5, 5.41) is 12.2. The molecule has 3 heterocycles. The Bertz CT molecular complexity index is 1150. The lowest BCUT2D eigenvalue weighted by Crippen LogP contribution is -2.30. The van der Waals surface area contributed by atoms with Gasteiger partial charge in [-0.2, -0.15) is 0 Å². The van der Waals surface area contributed by atoms with E-state index in [-0.39, 0.29) is 17.4 Å². The Balaban J connectivity index is 1.63. The smallest absolute Gasteiger partial charge is 0.263 e. The molecule has 5 rings (SSSR count). The van der Waals surface area contributed by atoms with E-state index < -0.39 is 0 Å². The monoisotopic (exact) mass is 454 g/mol. The van der Waals surface area contributed by atoms with Crippen molar-refractivity contribution in [3.8, 4) is 5.75 Å². The highest BCUT2D eigenvalue weighted by Crippen LogP contribution is 2.39. The quantitative estimate of drug-likeness (QED) is 0.456. The molecule has 2 aromatic heterocycles. The molecule has 5 nitrogen and oxygen atoms in total. The first-order valence-corrected chi connectivity index (χ1v) is 13.3. The minimum Gasteiger partial charge on any atom is -0.506 e. The molecule has 1 N–H and O–H groups in total. The van der Waals surface area contributed by atoms with Crippen LogP contribution in [0.3, 0.4) is 0 Å². The van der Waals surface area contributed by atoms with Gasteiger partial charge < -0.3 is 9.84 Å². The van der Waals surface area contributed by atoms with Gasteiger partial charge >= 0.3 is 0 Å². The first-order valence-electron chi connectivity index (χ1n) is 12.4. The Labute approximate surface area is 193 Å². The van der Waals surface area contributed by atoms with Crippen molar-refractivity contribution in [2.75, 3.05) is 6.61 Å². The van der Waals surface area contributed by atoms with E-state index in [1.165, 1.54) is 37.0 Å². The number of hydrogen-bond acceptors (Lipinski definition) is 5. The van der Waals surface area contributed by atoms with Crippen molar-refractivity contribution in [1.82, 2.24) is 9.55 Å². The molecule has 2 aliphatic rings. The Hall–Kier alpha value is -1.92. The van der Waals surface area contributed by atoms with Crippen molar-refractivity contribution in [1.29, 1.82) is 0 Å². The number of rotatable bonds is 8. The number of phenolic OH excluding ortho intramolecular Hbond substituents is 1. The average Bonchev–Trinajstić information content (AvgIpc) is 3.55. The highest BCUT2D eigenvalue weighted by Gasteiger charge is 2.24. The number of hydrogen-bond donors (Lipinski definition) is 1. The lowest BCUT2D eigenvalue weighted by atomic mass is 10.0. The summed E-state index contributed by atoms with van der Waals surface area (Å²) in [6, 6.07) is 3.76. The third-order valence-electron chi connectivity index (χ3n) is 7.35. The van der Waals surface area contributed by atoms with Crippen LogP contribution in [0, 0.1) is 5.92 Å². The molecular formula is C26H34N2O3S. The van der Waals surface area contributed by atoms with Crippen molar-refractivity contribution in [3.05, 3.63) is 33.9 Å². The fourth-order valence-electron chi connectivity index (χ4n) is 5.53. The predicted octanol–water partition coefficient (Wildman–Crippen LogP) is 5.96. The van der Waals surface area contributed by atoms with Gasteiger partial charge in [0.05, 0.1) is 22.7 Å². The maximum Gasteiger partial charge on any atom is 0.263 e. The molecule has 1 aromatic carbocycles. The number of unbranched alkanes of at least 4 members (excludes halogenated alkanes) is 1. The number of aromatic nitrogens is 2. The average molecular weight is 455 g/mol. The highest BCUT2D eigenvalue weighted by atomic mass is 32.1. The Morgan fingerprint density at radius 3 is 2.75 bits per heavy atom. The molecule has 1 saturated heterocycles. The normalized spacial score (nSPS) is 19.6. The second-order valence-electron chi connectivity index (χ2n) is 9.60. The van der Waals surface area contributed by atoms with Gasteiger partial charge in [0.1, 0.15) is 16.4 Å². The molecule has 1 atom stereocenters. The number of ether oxygens (including phenoxy) is 1. The summed E-state index contributed by atoms with van der Waals surface area (Å²) in [6.07, 6.45) is 12.4. The van der Waals surface area contributed by atoms with Crippen LogP contribution in [-0.4, -0.2) is 27.4 Å². The summed E-state index contributed by atoms with van der Waals surface area (Å²) in [6.45, 7) is 3.54. The first-order chi connectivity index (χ1) is 15.7. The van der Waals surface area contributed by atoms with Gasteiger partial charge in [-0.15, -0.1) is 11.3 Å². The van der Waals surface area contributed by atoms with E-state index in [1.807, 2.05) is 10.6 Å². The SMILES string of the molecule is CCCCc1ccc(O)c2sc3nc(CCC4CCCC4)n(CC4CCCO4)c(=O)c3c12. The van der Waals surface area contributed by atoms with Gasteiger partial charge in [-0.05, 0) is 49.7 Å². The number of aromatic hydroxyl groups is 1. The summed E-state index contributed by atoms with van der Waals surface area (Å²) >= 11 is 1.47. The zero-order chi connectivity index (χ0) is 22.1. The van der Waals surface area contributed by atoms with Gasteiger partial charge in [-0.25, -0.2) is 4.98 Å². The van der Waals surface area contributed by atoms with E-state index in [0.717, 1.165) is 83.8 Å². The Kier molecular flexibility index (Phi) is 6.51. The van der Waals surface area contributed by atoms with Crippen LogP contribution in [0.2, 0.25) is 0 Å². The molecule has 3 aromatic rings. The molecule has 32 heavy (non-hydrogen) atoms. The Morgan fingerprint density at radius 2 is 2.00 bits per heavy atom. The fourth-order valence-corrected chi connectivity index (χ4v) is 6.67. The molecular weight excluding hydrogens is 420 g/mol. The predicted molar refractivity (Wildman–Crippen MR) is 131 cm³/mol. The number of thiophene rings is 1. The molecule has 1 saturated carbocycles. The van der Waals surface area contributed by atoms with E-state index in [2.05, 4.69) is 6.92 Å². The van der Waals surface area contributed by atoms with Gasteiger partial charge in [0.15, 0.2) is 0 Å². The molecule has 0 radical (unpaired) electrons. The number of phenols is 1. The molecule has 1 unspecified atom stereocenters. The van der Waals surface area contributed by atoms with Crippen LogP contribution in [0.4, 0.5) is 0 Å². The van der Waals surface area contributed by atoms with Gasteiger partial charge in [0, 0.05) is 18.4 Å². The molecule has 6 heteroatoms. The fraction of sp³-hybridized carbons (Fsp3) is 0.615. The number of aryl methyl sites for hydroxylation is 2. The maximum absolute atomic E-state index is 13.9. The van der Waals surface area contributed by atoms with E-state index in [4.69, 9.17) is 9.72 Å². The molecule has 1 aliphatic carbocycles. The maximum atomic E-state index is 13.9. The number of nitrogens with zero attached hydrogens (tertiary/aromatic N) is 2. The minimum atomic E-state index is 0.0431. The molecule has 172 valence electrons. The lowest BCUT2D eigenvalue weighted by molar-refractivity contribution is 0.0951. The first kappa shape index (κ1) is 21.9. The third kappa shape index (κ3) is 4.19. The second kappa shape index (κ2) is 9.52. The van der Waals surface area contributed by atoms with Crippen LogP contribution in [0.25, 0.3) is 20.3 Å². The summed E-state index contributed by atoms with van der Waals surface area (Å²) in [7, 11) is 0. The van der Waals surface area contributed by atoms with Crippen molar-refractivity contribution < 1.29 is 9.84 Å². The standard InChI is InChI=1S/C26H34N2O3S/c1-2-3-9-18-12-13-20(29)24-22(18)23-25(32-24)27-21(14-11-17-7-4-5-8-17)28(26(23)30)16-19-10-6-15-31-19/h12-13,17,19,29H,2-11,14-16H2,1H3. The second-order valence-corrected chi connectivity index (χ2v) is 10.6. The number of benzene rings is 1. The molecule has 2 fully saturated rings. The minimum absolute atomic E-state index is 0.0431. The van der Waals surface area contributed by atoms with Gasteiger partial charge in [-0.1, -0.05) is 45.1 Å². The van der Waals surface area contributed by atoms with E-state index >= 15 is 0 Å². The molecule has 1 aliphatic heterocycles. The zero-order valence-electron chi connectivity index (χ0n) is 19.1. The third-order valence-corrected chi connectivity index (χ3v) is 8.45. The van der Waals surface area contributed by atoms with Crippen molar-refractivity contribution >= 4 is 31.6 Å². The molecule has 0 spiro atoms. The summed E-state index contributed by atoms with van der Waals surface area (Å²) in [5.74, 6) is 1.90. The van der Waals surface area contributed by atoms with Crippen LogP contribution >= 0.6 is 11.3 Å². The van der Waals surface area contributed by atoms with Crippen molar-refractivity contribution in [2.24, 2.45) is 5.92 Å². The van der Waals surface area contributed by atoms with Crippen LogP contribution in [0.15, 0.2) is 16.9 Å². The zero-order valence-corrected chi connectivity index (χ0v) is 19.9. The van der Waals surface area contributed by atoms with E-state index in [9.17, 15) is 9.90 Å². The van der Waals surface area contributed by atoms with Crippen LogP contribution in [0.1, 0.15) is 76.1 Å². The van der Waals surface area contributed by atoms with Crippen molar-refractivity contribution in [2.45, 2.75) is 90.2 Å². The molecule has 0 bridgehead atoms. The van der Waals surface area contributed by atoms with E-state index in [1.54, 1.807) is 6.07 Å². The van der Waals surface area contributed by atoms with Gasteiger partial charge in [0.25, 0.3) is 5.56 Å². The Morgan fingerprint density at radius 1 is 1.16 bits per heavy atom. The van der Waals surface area contributed by atoms with Crippen molar-refractivity contribution in [3.63, 3.8) is 0 Å². The van der Waals surface area contributed by atoms with Gasteiger partial charge in [0.2, 0.25) is 0 Å². The lowest BCUT2D eigenvalue weighted by Gasteiger charge is -2.17. The summed E-state index contributed by atoms with van der Waals surface area (Å²) < 4.78 is 8.61. The summed E-state index contributed by atoms with van der Waals surface area (Å²) in [4.78, 5) is 19.8. The highest BCUT2D eigenvalue weighted by molar-refractivity contribution is 7.25. The van der Waals surface area contributed by atoms with E-state index in [0.29, 0.717) is 11.9 Å². The summed E-state index contributed by atoms with van der Waals surface area (Å²) in [5.41, 5.74) is 1.19. The largest absolute Gasteiger partial charge is 0.506 e. The molecule has 0 amide bonds. The van der Waals surface area contributed by atoms with Crippen LogP contribution < -0.4 is 5.56 Å². The number of fused-ring (bicyclic) bond motifs is 3.